The number of aliphatic hydroxyl groups is 1. The molecule has 4 saturated carbocycles. The molecule has 4 fully saturated rings. The Balaban J connectivity index is 0.000000193. The van der Waals surface area contributed by atoms with Crippen LogP contribution in [0.1, 0.15) is 144 Å². The summed E-state index contributed by atoms with van der Waals surface area (Å²) in [6.45, 7) is 17.6. The van der Waals surface area contributed by atoms with Gasteiger partial charge in [0.15, 0.2) is 11.6 Å². The summed E-state index contributed by atoms with van der Waals surface area (Å²) in [5.41, 5.74) is 1.11. The standard InChI is InChI=1S/C30H46O4.C15H10O4/c1-25(2)21-8-11-30(7)23(28(21,5)10-9-22(25)32)20(31)16-18-19-17-27(4,24(33)34)13-12-26(19,3)14-15-29(18,30)6;1-7-5-9-13(11(17)6-7)15(19)12-8(14(9)18)3-2-4-10(12)16/h16,19,21-23,32H,8-15,17H2,1-7H3,(H,33,34);2-6,16-17H,1H3. The highest BCUT2D eigenvalue weighted by Gasteiger charge is 2.70. The number of carboxylic acid groups (broad SMARTS) is 1. The molecule has 53 heavy (non-hydrogen) atoms. The molecule has 8 heteroatoms. The van der Waals surface area contributed by atoms with Crippen LogP contribution < -0.4 is 0 Å². The molecule has 9 unspecified atom stereocenters. The van der Waals surface area contributed by atoms with Gasteiger partial charge in [-0.25, -0.2) is 0 Å². The number of fused-ring (bicyclic) bond motifs is 9. The number of hydrogen-bond acceptors (Lipinski definition) is 7. The minimum absolute atomic E-state index is 0.0296. The Labute approximate surface area is 313 Å². The second-order valence-electron chi connectivity index (χ2n) is 19.5. The number of allylic oxidation sites excluding steroid dienone is 2. The summed E-state index contributed by atoms with van der Waals surface area (Å²) in [7, 11) is 0. The number of aliphatic hydroxyl groups excluding tert-OH is 1. The molecule has 4 N–H and O–H groups in total. The SMILES string of the molecule is CC1(C(=O)O)CCC2(C)CCC3(C)C(=CC(=O)C4C5(C)CCC(O)C(C)(C)C5CCC43C)C2C1.Cc1cc(O)c2c(c1)C(=O)c1cccc(O)c1C2=O. The van der Waals surface area contributed by atoms with Gasteiger partial charge >= 0.3 is 5.97 Å². The second-order valence-corrected chi connectivity index (χ2v) is 19.5. The van der Waals surface area contributed by atoms with E-state index in [1.807, 2.05) is 13.0 Å². The van der Waals surface area contributed by atoms with Crippen molar-refractivity contribution in [2.24, 2.45) is 50.2 Å². The number of benzene rings is 2. The van der Waals surface area contributed by atoms with Crippen LogP contribution in [0.5, 0.6) is 11.5 Å². The quantitative estimate of drug-likeness (QED) is 0.195. The number of hydrogen-bond donors (Lipinski definition) is 4. The average molecular weight is 725 g/mol. The highest BCUT2D eigenvalue weighted by molar-refractivity contribution is 6.30. The summed E-state index contributed by atoms with van der Waals surface area (Å²) < 4.78 is 0. The van der Waals surface area contributed by atoms with Gasteiger partial charge in [-0.3, -0.25) is 19.2 Å². The summed E-state index contributed by atoms with van der Waals surface area (Å²) in [5.74, 6) is -1.31. The molecule has 0 bridgehead atoms. The first-order valence-electron chi connectivity index (χ1n) is 19.5. The number of carbonyl (C=O) groups excluding carboxylic acids is 3. The molecule has 0 saturated heterocycles. The van der Waals surface area contributed by atoms with E-state index in [9.17, 15) is 39.6 Å². The Hall–Kier alpha value is -3.78. The van der Waals surface area contributed by atoms with Gasteiger partial charge in [0.05, 0.1) is 22.6 Å². The number of carboxylic acids is 1. The number of aryl methyl sites for hydroxylation is 1. The third-order valence-electron chi connectivity index (χ3n) is 16.3. The normalized spacial score (nSPS) is 39.4. The van der Waals surface area contributed by atoms with E-state index in [1.165, 1.54) is 29.8 Å². The Kier molecular flexibility index (Phi) is 8.40. The fourth-order valence-corrected chi connectivity index (χ4v) is 12.8. The van der Waals surface area contributed by atoms with E-state index in [0.717, 1.165) is 51.4 Å². The number of aliphatic carboxylic acids is 1. The summed E-state index contributed by atoms with van der Waals surface area (Å²) in [6, 6.07) is 7.36. The zero-order chi connectivity index (χ0) is 38.8. The Bertz CT molecular complexity index is 1990. The van der Waals surface area contributed by atoms with Gasteiger partial charge in [-0.15, -0.1) is 0 Å². The number of aromatic hydroxyl groups is 2. The zero-order valence-corrected chi connectivity index (χ0v) is 32.6. The summed E-state index contributed by atoms with van der Waals surface area (Å²) in [5, 5.41) is 40.6. The van der Waals surface area contributed by atoms with Crippen LogP contribution in [0.25, 0.3) is 0 Å². The van der Waals surface area contributed by atoms with Gasteiger partial charge in [0.1, 0.15) is 11.5 Å². The smallest absolute Gasteiger partial charge is 0.309 e. The lowest BCUT2D eigenvalue weighted by Gasteiger charge is -2.70. The van der Waals surface area contributed by atoms with Crippen molar-refractivity contribution in [3.63, 3.8) is 0 Å². The van der Waals surface area contributed by atoms with E-state index in [4.69, 9.17) is 0 Å². The number of rotatable bonds is 1. The van der Waals surface area contributed by atoms with Gasteiger partial charge in [-0.2, -0.15) is 0 Å². The largest absolute Gasteiger partial charge is 0.507 e. The van der Waals surface area contributed by atoms with Crippen LogP contribution in [0.3, 0.4) is 0 Å². The molecule has 0 aromatic heterocycles. The molecule has 0 heterocycles. The van der Waals surface area contributed by atoms with Crippen molar-refractivity contribution in [2.45, 2.75) is 119 Å². The van der Waals surface area contributed by atoms with E-state index in [0.29, 0.717) is 17.9 Å². The van der Waals surface area contributed by atoms with E-state index in [2.05, 4.69) is 41.5 Å². The molecule has 9 atom stereocenters. The lowest BCUT2D eigenvalue weighted by Crippen LogP contribution is -2.66. The summed E-state index contributed by atoms with van der Waals surface area (Å²) in [6.07, 6.45) is 9.95. The monoisotopic (exact) mass is 724 g/mol. The van der Waals surface area contributed by atoms with Crippen LogP contribution in [0.2, 0.25) is 0 Å². The van der Waals surface area contributed by atoms with Gasteiger partial charge in [0.2, 0.25) is 5.78 Å². The molecule has 2 aromatic carbocycles. The van der Waals surface area contributed by atoms with Crippen molar-refractivity contribution in [3.05, 3.63) is 69.8 Å². The van der Waals surface area contributed by atoms with Crippen LogP contribution in [-0.4, -0.2) is 49.8 Å². The van der Waals surface area contributed by atoms with Gasteiger partial charge in [0.25, 0.3) is 0 Å². The molecule has 0 spiro atoms. The van der Waals surface area contributed by atoms with Gasteiger partial charge in [-0.05, 0) is 140 Å². The Morgan fingerprint density at radius 3 is 2.11 bits per heavy atom. The molecule has 0 amide bonds. The number of phenolic OH excluding ortho intramolecular Hbond substituents is 2. The second kappa shape index (κ2) is 11.9. The zero-order valence-electron chi connectivity index (χ0n) is 32.6. The van der Waals surface area contributed by atoms with Crippen LogP contribution in [0, 0.1) is 57.2 Å². The maximum Gasteiger partial charge on any atom is 0.309 e. The highest BCUT2D eigenvalue weighted by Crippen LogP contribution is 2.75. The predicted molar refractivity (Wildman–Crippen MR) is 201 cm³/mol. The molecule has 8 nitrogen and oxygen atoms in total. The molecule has 8 rings (SSSR count). The van der Waals surface area contributed by atoms with E-state index >= 15 is 0 Å². The molecule has 6 aliphatic carbocycles. The molecule has 6 aliphatic rings. The van der Waals surface area contributed by atoms with Crippen molar-refractivity contribution in [1.29, 1.82) is 0 Å². The van der Waals surface area contributed by atoms with E-state index in [1.54, 1.807) is 13.0 Å². The van der Waals surface area contributed by atoms with Crippen molar-refractivity contribution < 1.29 is 39.6 Å². The predicted octanol–water partition coefficient (Wildman–Crippen LogP) is 8.59. The molecule has 284 valence electrons. The first-order valence-corrected chi connectivity index (χ1v) is 19.5. The van der Waals surface area contributed by atoms with Gasteiger partial charge in [-0.1, -0.05) is 59.2 Å². The highest BCUT2D eigenvalue weighted by atomic mass is 16.4. The van der Waals surface area contributed by atoms with Crippen molar-refractivity contribution in [1.82, 2.24) is 0 Å². The molecule has 2 aromatic rings. The van der Waals surface area contributed by atoms with Crippen LogP contribution in [0.15, 0.2) is 42.0 Å². The summed E-state index contributed by atoms with van der Waals surface area (Å²) >= 11 is 0. The fourth-order valence-electron chi connectivity index (χ4n) is 12.8. The van der Waals surface area contributed by atoms with Gasteiger partial charge < -0.3 is 20.4 Å². The maximum atomic E-state index is 14.2. The van der Waals surface area contributed by atoms with Crippen molar-refractivity contribution in [3.8, 4) is 11.5 Å². The van der Waals surface area contributed by atoms with Crippen molar-refractivity contribution >= 4 is 23.3 Å². The Morgan fingerprint density at radius 1 is 0.774 bits per heavy atom. The lowest BCUT2D eigenvalue weighted by atomic mass is 9.33. The third kappa shape index (κ3) is 5.09. The van der Waals surface area contributed by atoms with Crippen molar-refractivity contribution in [2.75, 3.05) is 0 Å². The molecule has 0 radical (unpaired) electrons. The topological polar surface area (TPSA) is 149 Å². The van der Waals surface area contributed by atoms with Crippen LogP contribution >= 0.6 is 0 Å². The van der Waals surface area contributed by atoms with E-state index < -0.39 is 17.2 Å². The fraction of sp³-hybridized carbons (Fsp3) is 0.600. The third-order valence-corrected chi connectivity index (χ3v) is 16.3. The first kappa shape index (κ1) is 37.5. The van der Waals surface area contributed by atoms with Crippen LogP contribution in [0.4, 0.5) is 0 Å². The molecule has 0 aliphatic heterocycles. The minimum atomic E-state index is -0.711. The molecular weight excluding hydrogens is 668 g/mol. The summed E-state index contributed by atoms with van der Waals surface area (Å²) in [4.78, 5) is 51.1. The number of ketones is 3. The maximum absolute atomic E-state index is 14.2. The number of carbonyl (C=O) groups is 4. The average Bonchev–Trinajstić information content (AvgIpc) is 3.07. The number of phenols is 2. The molecular formula is C45H56O8. The van der Waals surface area contributed by atoms with E-state index in [-0.39, 0.29) is 90.3 Å². The minimum Gasteiger partial charge on any atom is -0.507 e. The van der Waals surface area contributed by atoms with Crippen LogP contribution in [-0.2, 0) is 9.59 Å². The Morgan fingerprint density at radius 2 is 1.43 bits per heavy atom. The lowest BCUT2D eigenvalue weighted by molar-refractivity contribution is -0.202. The van der Waals surface area contributed by atoms with Gasteiger partial charge in [0, 0.05) is 17.0 Å². The first-order chi connectivity index (χ1) is 24.6.